The van der Waals surface area contributed by atoms with Crippen LogP contribution in [-0.4, -0.2) is 29.1 Å². The first-order valence-electron chi connectivity index (χ1n) is 4.80. The van der Waals surface area contributed by atoms with Gasteiger partial charge in [0.1, 0.15) is 6.42 Å². The second-order valence-corrected chi connectivity index (χ2v) is 3.27. The molecule has 0 bridgehead atoms. The topological polar surface area (TPSA) is 76.5 Å². The molecule has 5 heteroatoms. The number of aromatic carboxylic acids is 1. The van der Waals surface area contributed by atoms with Crippen LogP contribution in [0.25, 0.3) is 0 Å². The largest absolute Gasteiger partial charge is 0.476 e. The average molecular weight is 233 g/mol. The fourth-order valence-corrected chi connectivity index (χ4v) is 1.12. The van der Waals surface area contributed by atoms with Crippen LogP contribution in [-0.2, 0) is 9.53 Å². The number of rotatable bonds is 2. The molecule has 17 heavy (non-hydrogen) atoms. The van der Waals surface area contributed by atoms with Gasteiger partial charge in [-0.25, -0.2) is 9.78 Å². The molecule has 1 rings (SSSR count). The lowest BCUT2D eigenvalue weighted by Gasteiger charge is -1.99. The maximum atomic E-state index is 10.9. The molecule has 0 amide bonds. The lowest BCUT2D eigenvalue weighted by atomic mass is 10.1. The number of carbonyl (C=O) groups is 2. The van der Waals surface area contributed by atoms with E-state index in [1.165, 1.54) is 13.3 Å². The highest BCUT2D eigenvalue weighted by atomic mass is 16.5. The Labute approximate surface area is 98.4 Å². The summed E-state index contributed by atoms with van der Waals surface area (Å²) >= 11 is 0. The molecule has 1 aromatic rings. The minimum atomic E-state index is -1.15. The van der Waals surface area contributed by atoms with E-state index in [9.17, 15) is 9.59 Å². The van der Waals surface area contributed by atoms with Crippen molar-refractivity contribution in [3.05, 3.63) is 29.1 Å². The summed E-state index contributed by atoms with van der Waals surface area (Å²) in [5.74, 6) is 3.54. The highest BCUT2D eigenvalue weighted by molar-refractivity contribution is 5.88. The number of carboxylic acids is 1. The smallest absolute Gasteiger partial charge is 0.355 e. The van der Waals surface area contributed by atoms with Gasteiger partial charge in [-0.05, 0) is 18.6 Å². The Morgan fingerprint density at radius 2 is 2.24 bits per heavy atom. The standard InChI is InChI=1S/C12H11NO4/c1-8-6-9(4-3-5-10(14)17-2)11(12(15)16)13-7-8/h6-7H,5H2,1-2H3,(H,15,16). The number of esters is 1. The van der Waals surface area contributed by atoms with E-state index in [1.807, 2.05) is 0 Å². The average Bonchev–Trinajstić information content (AvgIpc) is 2.28. The fourth-order valence-electron chi connectivity index (χ4n) is 1.12. The summed E-state index contributed by atoms with van der Waals surface area (Å²) < 4.78 is 4.42. The van der Waals surface area contributed by atoms with E-state index >= 15 is 0 Å². The van der Waals surface area contributed by atoms with Gasteiger partial charge in [-0.15, -0.1) is 0 Å². The summed E-state index contributed by atoms with van der Waals surface area (Å²) in [6.45, 7) is 1.78. The quantitative estimate of drug-likeness (QED) is 0.609. The minimum Gasteiger partial charge on any atom is -0.476 e. The van der Waals surface area contributed by atoms with Crippen LogP contribution < -0.4 is 0 Å². The Balaban J connectivity index is 3.00. The molecule has 0 aliphatic carbocycles. The molecule has 1 N–H and O–H groups in total. The zero-order valence-corrected chi connectivity index (χ0v) is 9.48. The van der Waals surface area contributed by atoms with Gasteiger partial charge in [0.05, 0.1) is 12.7 Å². The lowest BCUT2D eigenvalue weighted by Crippen LogP contribution is -2.04. The zero-order chi connectivity index (χ0) is 12.8. The molecule has 0 aromatic carbocycles. The molecule has 0 aliphatic heterocycles. The Morgan fingerprint density at radius 3 is 2.82 bits per heavy atom. The fraction of sp³-hybridized carbons (Fsp3) is 0.250. The van der Waals surface area contributed by atoms with E-state index in [0.29, 0.717) is 5.56 Å². The molecule has 0 fully saturated rings. The Morgan fingerprint density at radius 1 is 1.53 bits per heavy atom. The molecule has 0 saturated carbocycles. The summed E-state index contributed by atoms with van der Waals surface area (Å²) in [5, 5.41) is 8.89. The monoisotopic (exact) mass is 233 g/mol. The number of carboxylic acid groups (broad SMARTS) is 1. The van der Waals surface area contributed by atoms with E-state index in [0.717, 1.165) is 5.56 Å². The van der Waals surface area contributed by atoms with Gasteiger partial charge >= 0.3 is 11.9 Å². The van der Waals surface area contributed by atoms with Gasteiger partial charge in [0.2, 0.25) is 0 Å². The molecule has 0 aliphatic rings. The van der Waals surface area contributed by atoms with Gasteiger partial charge in [0.15, 0.2) is 5.69 Å². The third-order valence-electron chi connectivity index (χ3n) is 1.91. The van der Waals surface area contributed by atoms with Crippen molar-refractivity contribution in [3.63, 3.8) is 0 Å². The number of aryl methyl sites for hydroxylation is 1. The lowest BCUT2D eigenvalue weighted by molar-refractivity contribution is -0.139. The molecular weight excluding hydrogens is 222 g/mol. The minimum absolute atomic E-state index is 0.0799. The van der Waals surface area contributed by atoms with Gasteiger partial charge in [0.25, 0.3) is 0 Å². The van der Waals surface area contributed by atoms with Gasteiger partial charge in [-0.1, -0.05) is 11.8 Å². The zero-order valence-electron chi connectivity index (χ0n) is 9.48. The van der Waals surface area contributed by atoms with Crippen LogP contribution in [0.4, 0.5) is 0 Å². The first-order chi connectivity index (χ1) is 8.04. The van der Waals surface area contributed by atoms with E-state index in [2.05, 4.69) is 21.6 Å². The summed E-state index contributed by atoms with van der Waals surface area (Å²) in [5.41, 5.74) is 0.978. The van der Waals surface area contributed by atoms with Crippen LogP contribution in [0.5, 0.6) is 0 Å². The Hall–Kier alpha value is -2.35. The summed E-state index contributed by atoms with van der Waals surface area (Å²) in [4.78, 5) is 25.5. The van der Waals surface area contributed by atoms with Gasteiger partial charge in [0, 0.05) is 6.20 Å². The normalized spacial score (nSPS) is 9.06. The summed E-state index contributed by atoms with van der Waals surface area (Å²) in [6, 6.07) is 1.61. The molecule has 0 saturated heterocycles. The molecule has 1 heterocycles. The van der Waals surface area contributed by atoms with E-state index in [-0.39, 0.29) is 12.1 Å². The maximum absolute atomic E-state index is 10.9. The van der Waals surface area contributed by atoms with Crippen molar-refractivity contribution >= 4 is 11.9 Å². The second-order valence-electron chi connectivity index (χ2n) is 3.27. The van der Waals surface area contributed by atoms with Crippen molar-refractivity contribution in [2.24, 2.45) is 0 Å². The third kappa shape index (κ3) is 3.61. The first kappa shape index (κ1) is 12.7. The van der Waals surface area contributed by atoms with E-state index in [4.69, 9.17) is 5.11 Å². The summed E-state index contributed by atoms with van der Waals surface area (Å²) in [7, 11) is 1.26. The van der Waals surface area contributed by atoms with Crippen LogP contribution in [0.2, 0.25) is 0 Å². The van der Waals surface area contributed by atoms with Crippen molar-refractivity contribution < 1.29 is 19.4 Å². The number of aromatic nitrogens is 1. The predicted molar refractivity (Wildman–Crippen MR) is 59.4 cm³/mol. The number of hydrogen-bond acceptors (Lipinski definition) is 4. The number of nitrogens with zero attached hydrogens (tertiary/aromatic N) is 1. The molecule has 0 radical (unpaired) electrons. The van der Waals surface area contributed by atoms with Crippen molar-refractivity contribution in [2.45, 2.75) is 13.3 Å². The molecule has 0 spiro atoms. The highest BCUT2D eigenvalue weighted by Gasteiger charge is 2.09. The number of carbonyl (C=O) groups excluding carboxylic acids is 1. The molecule has 88 valence electrons. The maximum Gasteiger partial charge on any atom is 0.355 e. The van der Waals surface area contributed by atoms with Crippen molar-refractivity contribution in [3.8, 4) is 11.8 Å². The van der Waals surface area contributed by atoms with Gasteiger partial charge in [-0.2, -0.15) is 0 Å². The van der Waals surface area contributed by atoms with Crippen LogP contribution >= 0.6 is 0 Å². The number of methoxy groups -OCH3 is 1. The van der Waals surface area contributed by atoms with Crippen LogP contribution in [0.1, 0.15) is 28.0 Å². The van der Waals surface area contributed by atoms with Crippen LogP contribution in [0, 0.1) is 18.8 Å². The number of ether oxygens (including phenoxy) is 1. The molecule has 5 nitrogen and oxygen atoms in total. The first-order valence-corrected chi connectivity index (χ1v) is 4.80. The van der Waals surface area contributed by atoms with Crippen LogP contribution in [0.15, 0.2) is 12.3 Å². The van der Waals surface area contributed by atoms with Gasteiger partial charge < -0.3 is 9.84 Å². The van der Waals surface area contributed by atoms with E-state index in [1.54, 1.807) is 13.0 Å². The van der Waals surface area contributed by atoms with Crippen LogP contribution in [0.3, 0.4) is 0 Å². The third-order valence-corrected chi connectivity index (χ3v) is 1.91. The molecule has 0 unspecified atom stereocenters. The molecule has 0 atom stereocenters. The van der Waals surface area contributed by atoms with E-state index < -0.39 is 11.9 Å². The van der Waals surface area contributed by atoms with Gasteiger partial charge in [-0.3, -0.25) is 4.79 Å². The summed E-state index contributed by atoms with van der Waals surface area (Å²) in [6.07, 6.45) is 1.37. The number of pyridine rings is 1. The van der Waals surface area contributed by atoms with Crippen molar-refractivity contribution in [2.75, 3.05) is 7.11 Å². The predicted octanol–water partition coefficient (Wildman–Crippen LogP) is 1.00. The second kappa shape index (κ2) is 5.66. The Kier molecular flexibility index (Phi) is 4.23. The SMILES string of the molecule is COC(=O)CC#Cc1cc(C)cnc1C(=O)O. The van der Waals surface area contributed by atoms with Crippen molar-refractivity contribution in [1.82, 2.24) is 4.98 Å². The number of hydrogen-bond donors (Lipinski definition) is 1. The van der Waals surface area contributed by atoms with Crippen molar-refractivity contribution in [1.29, 1.82) is 0 Å². The molecule has 1 aromatic heterocycles. The molecular formula is C12H11NO4. The Bertz CT molecular complexity index is 511. The highest BCUT2D eigenvalue weighted by Crippen LogP contribution is 2.07.